The van der Waals surface area contributed by atoms with Crippen molar-refractivity contribution in [3.8, 4) is 6.07 Å². The summed E-state index contributed by atoms with van der Waals surface area (Å²) in [7, 11) is 0. The van der Waals surface area contributed by atoms with Crippen LogP contribution in [0.2, 0.25) is 0 Å². The Bertz CT molecular complexity index is 929. The van der Waals surface area contributed by atoms with Crippen LogP contribution in [-0.4, -0.2) is 36.0 Å². The van der Waals surface area contributed by atoms with E-state index in [1.54, 1.807) is 6.07 Å². The van der Waals surface area contributed by atoms with Gasteiger partial charge in [-0.1, -0.05) is 0 Å². The Hall–Kier alpha value is -2.15. The molecule has 0 saturated carbocycles. The monoisotopic (exact) mass is 393 g/mol. The first-order valence-electron chi connectivity index (χ1n) is 9.14. The molecule has 5 rings (SSSR count). The molecule has 4 saturated heterocycles. The lowest BCUT2D eigenvalue weighted by Crippen LogP contribution is -2.59. The lowest BCUT2D eigenvalue weighted by atomic mass is 9.64. The van der Waals surface area contributed by atoms with Crippen molar-refractivity contribution >= 4 is 11.6 Å². The van der Waals surface area contributed by atoms with Gasteiger partial charge in [-0.15, -0.1) is 0 Å². The SMILES string of the molecule is C[C@@]12C[C@@H](N)[C@]3(CCO[C@H]4[C@@H]3[C@@H]1C(=O)N4c1ccc(C#N)c(C(F)(F)F)c1)O2. The third-order valence-electron chi connectivity index (χ3n) is 6.81. The molecule has 6 nitrogen and oxygen atoms in total. The number of benzene rings is 1. The molecule has 148 valence electrons. The molecule has 4 aliphatic heterocycles. The second-order valence-electron chi connectivity index (χ2n) is 8.24. The highest BCUT2D eigenvalue weighted by Crippen LogP contribution is 2.64. The first-order valence-corrected chi connectivity index (χ1v) is 9.14. The summed E-state index contributed by atoms with van der Waals surface area (Å²) in [5, 5.41) is 9.02. The Balaban J connectivity index is 1.62. The smallest absolute Gasteiger partial charge is 0.366 e. The van der Waals surface area contributed by atoms with Crippen LogP contribution in [0.25, 0.3) is 0 Å². The Morgan fingerprint density at radius 2 is 2.14 bits per heavy atom. The van der Waals surface area contributed by atoms with Crippen LogP contribution < -0.4 is 10.6 Å². The fourth-order valence-corrected chi connectivity index (χ4v) is 5.79. The first-order chi connectivity index (χ1) is 13.1. The van der Waals surface area contributed by atoms with E-state index in [1.807, 2.05) is 6.92 Å². The van der Waals surface area contributed by atoms with E-state index in [4.69, 9.17) is 20.5 Å². The summed E-state index contributed by atoms with van der Waals surface area (Å²) in [5.74, 6) is -1.15. The molecule has 1 aromatic rings. The minimum Gasteiger partial charge on any atom is -0.366 e. The van der Waals surface area contributed by atoms with Crippen LogP contribution in [0.4, 0.5) is 18.9 Å². The predicted octanol–water partition coefficient (Wildman–Crippen LogP) is 2.16. The number of nitriles is 1. The molecule has 1 amide bonds. The zero-order valence-corrected chi connectivity index (χ0v) is 15.0. The third kappa shape index (κ3) is 2.00. The Kier molecular flexibility index (Phi) is 3.36. The number of carbonyl (C=O) groups excluding carboxylic acids is 1. The fraction of sp³-hybridized carbons (Fsp3) is 0.579. The number of carbonyl (C=O) groups is 1. The van der Waals surface area contributed by atoms with E-state index in [2.05, 4.69) is 0 Å². The highest BCUT2D eigenvalue weighted by atomic mass is 19.4. The van der Waals surface area contributed by atoms with Gasteiger partial charge in [0.05, 0.1) is 40.9 Å². The molecule has 6 atom stereocenters. The highest BCUT2D eigenvalue weighted by molar-refractivity contribution is 6.00. The predicted molar refractivity (Wildman–Crippen MR) is 89.8 cm³/mol. The number of alkyl halides is 3. The van der Waals surface area contributed by atoms with Crippen molar-refractivity contribution in [3.63, 3.8) is 0 Å². The zero-order valence-electron chi connectivity index (χ0n) is 15.0. The molecule has 28 heavy (non-hydrogen) atoms. The van der Waals surface area contributed by atoms with Gasteiger partial charge in [0.1, 0.15) is 6.23 Å². The lowest BCUT2D eigenvalue weighted by Gasteiger charge is -2.44. The third-order valence-corrected chi connectivity index (χ3v) is 6.81. The van der Waals surface area contributed by atoms with E-state index in [-0.39, 0.29) is 23.6 Å². The normalized spacial score (nSPS) is 41.3. The average molecular weight is 393 g/mol. The second-order valence-corrected chi connectivity index (χ2v) is 8.24. The lowest BCUT2D eigenvalue weighted by molar-refractivity contribution is -0.142. The van der Waals surface area contributed by atoms with Gasteiger partial charge >= 0.3 is 6.18 Å². The Morgan fingerprint density at radius 3 is 2.82 bits per heavy atom. The molecule has 0 radical (unpaired) electrons. The number of rotatable bonds is 1. The van der Waals surface area contributed by atoms with Crippen molar-refractivity contribution in [2.45, 2.75) is 49.4 Å². The van der Waals surface area contributed by atoms with Gasteiger partial charge in [0.15, 0.2) is 0 Å². The minimum atomic E-state index is -4.70. The van der Waals surface area contributed by atoms with Crippen LogP contribution in [0.3, 0.4) is 0 Å². The number of anilines is 1. The van der Waals surface area contributed by atoms with E-state index in [1.165, 1.54) is 11.0 Å². The quantitative estimate of drug-likeness (QED) is 0.790. The molecule has 4 aliphatic rings. The number of hydrogen-bond donors (Lipinski definition) is 1. The summed E-state index contributed by atoms with van der Waals surface area (Å²) < 4.78 is 52.4. The molecule has 2 bridgehead atoms. The number of hydrogen-bond acceptors (Lipinski definition) is 5. The van der Waals surface area contributed by atoms with E-state index in [0.29, 0.717) is 19.4 Å². The summed E-state index contributed by atoms with van der Waals surface area (Å²) >= 11 is 0. The van der Waals surface area contributed by atoms with Gasteiger partial charge < -0.3 is 15.2 Å². The molecule has 4 heterocycles. The van der Waals surface area contributed by atoms with Crippen LogP contribution in [-0.2, 0) is 20.4 Å². The molecule has 0 unspecified atom stereocenters. The largest absolute Gasteiger partial charge is 0.417 e. The molecule has 0 aliphatic carbocycles. The first kappa shape index (κ1) is 17.9. The maximum Gasteiger partial charge on any atom is 0.417 e. The van der Waals surface area contributed by atoms with Crippen LogP contribution in [0.5, 0.6) is 0 Å². The van der Waals surface area contributed by atoms with Gasteiger partial charge in [-0.2, -0.15) is 18.4 Å². The number of amides is 1. The molecule has 9 heteroatoms. The van der Waals surface area contributed by atoms with Gasteiger partial charge in [0.2, 0.25) is 5.91 Å². The molecule has 1 aromatic carbocycles. The summed E-state index contributed by atoms with van der Waals surface area (Å²) in [6.07, 6.45) is -4.34. The van der Waals surface area contributed by atoms with Crippen molar-refractivity contribution in [3.05, 3.63) is 29.3 Å². The number of nitrogens with two attached hydrogens (primary N) is 1. The zero-order chi connectivity index (χ0) is 20.1. The number of ether oxygens (including phenoxy) is 2. The molecule has 2 N–H and O–H groups in total. The topological polar surface area (TPSA) is 88.6 Å². The van der Waals surface area contributed by atoms with E-state index < -0.39 is 40.7 Å². The summed E-state index contributed by atoms with van der Waals surface area (Å²) in [4.78, 5) is 14.6. The van der Waals surface area contributed by atoms with E-state index in [9.17, 15) is 18.0 Å². The summed E-state index contributed by atoms with van der Waals surface area (Å²) in [5.41, 5.74) is 3.44. The van der Waals surface area contributed by atoms with Gasteiger partial charge in [-0.05, 0) is 31.5 Å². The molecule has 1 spiro atoms. The minimum absolute atomic E-state index is 0.0735. The van der Waals surface area contributed by atoms with Gasteiger partial charge in [0, 0.05) is 24.1 Å². The maximum absolute atomic E-state index is 13.4. The van der Waals surface area contributed by atoms with E-state index >= 15 is 0 Å². The van der Waals surface area contributed by atoms with Gasteiger partial charge in [-0.3, -0.25) is 9.69 Å². The Labute approximate surface area is 159 Å². The van der Waals surface area contributed by atoms with Gasteiger partial charge in [-0.25, -0.2) is 0 Å². The van der Waals surface area contributed by atoms with Crippen molar-refractivity contribution in [1.29, 1.82) is 5.26 Å². The van der Waals surface area contributed by atoms with Crippen LogP contribution in [0.15, 0.2) is 18.2 Å². The van der Waals surface area contributed by atoms with Crippen LogP contribution in [0, 0.1) is 23.2 Å². The summed E-state index contributed by atoms with van der Waals surface area (Å²) in [6, 6.07) is 4.62. The summed E-state index contributed by atoms with van der Waals surface area (Å²) in [6.45, 7) is 2.16. The average Bonchev–Trinajstić information content (AvgIpc) is 3.17. The standard InChI is InChI=1S/C19H18F3N3O3/c1-17-7-12(24)18(28-17)4-5-27-16-14(18)13(17)15(26)25(16)10-3-2-9(8-23)11(6-10)19(20,21)22/h2-3,6,12-14,16H,4-5,7,24H2,1H3/t12-,13-,14+,16+,17-,18+/m1/s1. The Morgan fingerprint density at radius 1 is 1.39 bits per heavy atom. The number of nitrogens with zero attached hydrogens (tertiary/aromatic N) is 2. The van der Waals surface area contributed by atoms with E-state index in [0.717, 1.165) is 12.1 Å². The second kappa shape index (κ2) is 5.26. The number of halogens is 3. The van der Waals surface area contributed by atoms with Crippen molar-refractivity contribution < 1.29 is 27.4 Å². The van der Waals surface area contributed by atoms with Crippen LogP contribution in [0.1, 0.15) is 30.9 Å². The van der Waals surface area contributed by atoms with Gasteiger partial charge in [0.25, 0.3) is 0 Å². The van der Waals surface area contributed by atoms with Crippen molar-refractivity contribution in [1.82, 2.24) is 0 Å². The van der Waals surface area contributed by atoms with Crippen molar-refractivity contribution in [2.75, 3.05) is 11.5 Å². The fourth-order valence-electron chi connectivity index (χ4n) is 5.79. The molecular weight excluding hydrogens is 375 g/mol. The van der Waals surface area contributed by atoms with Crippen LogP contribution >= 0.6 is 0 Å². The maximum atomic E-state index is 13.4. The molecular formula is C19H18F3N3O3. The molecule has 0 aromatic heterocycles. The molecule has 4 fully saturated rings. The number of fused-ring (bicyclic) bond motifs is 2. The van der Waals surface area contributed by atoms with Crippen molar-refractivity contribution in [2.24, 2.45) is 17.6 Å². The highest BCUT2D eigenvalue weighted by Gasteiger charge is 2.77.